The zero-order valence-corrected chi connectivity index (χ0v) is 16.5. The first-order chi connectivity index (χ1) is 13.0. The Kier molecular flexibility index (Phi) is 6.01. The highest BCUT2D eigenvalue weighted by atomic mass is 32.1. The van der Waals surface area contributed by atoms with Crippen LogP contribution in [0.2, 0.25) is 0 Å². The maximum atomic E-state index is 12.8. The van der Waals surface area contributed by atoms with Gasteiger partial charge in [0.15, 0.2) is 11.5 Å². The minimum Gasteiger partial charge on any atom is -0.486 e. The van der Waals surface area contributed by atoms with Crippen molar-refractivity contribution in [3.05, 3.63) is 46.2 Å². The van der Waals surface area contributed by atoms with Gasteiger partial charge < -0.3 is 20.1 Å². The van der Waals surface area contributed by atoms with Gasteiger partial charge in [-0.2, -0.15) is 0 Å². The molecule has 2 atom stereocenters. The minimum atomic E-state index is -0.612. The van der Waals surface area contributed by atoms with Crippen LogP contribution in [0.4, 0.5) is 0 Å². The Morgan fingerprint density at radius 1 is 1.04 bits per heavy atom. The summed E-state index contributed by atoms with van der Waals surface area (Å²) in [5.74, 6) is 0.919. The summed E-state index contributed by atoms with van der Waals surface area (Å²) in [6, 6.07) is 8.36. The topological polar surface area (TPSA) is 76.7 Å². The maximum absolute atomic E-state index is 12.8. The summed E-state index contributed by atoms with van der Waals surface area (Å²) < 4.78 is 11.1. The van der Waals surface area contributed by atoms with E-state index in [0.717, 1.165) is 5.56 Å². The van der Waals surface area contributed by atoms with E-state index in [1.165, 1.54) is 11.3 Å². The van der Waals surface area contributed by atoms with E-state index in [-0.39, 0.29) is 23.8 Å². The Hall–Kier alpha value is -2.54. The molecule has 3 rings (SSSR count). The standard InChI is InChI=1S/C20H24N2O4S/c1-12(2)18(22-19(23)17-5-4-10-27-17)20(24)21-13(3)14-6-7-15-16(11-14)26-9-8-25-15/h4-7,10-13,18H,8-9H2,1-3H3,(H,21,24)(H,22,23)/t13-,18+/m0/s1. The lowest BCUT2D eigenvalue weighted by atomic mass is 10.0. The van der Waals surface area contributed by atoms with Gasteiger partial charge in [0.05, 0.1) is 10.9 Å². The molecule has 0 fully saturated rings. The molecule has 1 aliphatic rings. The Morgan fingerprint density at radius 2 is 1.78 bits per heavy atom. The smallest absolute Gasteiger partial charge is 0.262 e. The second-order valence-electron chi connectivity index (χ2n) is 6.81. The van der Waals surface area contributed by atoms with Gasteiger partial charge >= 0.3 is 0 Å². The highest BCUT2D eigenvalue weighted by molar-refractivity contribution is 7.12. The summed E-state index contributed by atoms with van der Waals surface area (Å²) in [7, 11) is 0. The van der Waals surface area contributed by atoms with Gasteiger partial charge in [-0.3, -0.25) is 9.59 Å². The Bertz CT molecular complexity index is 804. The Labute approximate surface area is 162 Å². The summed E-state index contributed by atoms with van der Waals surface area (Å²) in [5.41, 5.74) is 0.916. The van der Waals surface area contributed by atoms with Crippen molar-refractivity contribution in [2.24, 2.45) is 5.92 Å². The average molecular weight is 388 g/mol. The fourth-order valence-electron chi connectivity index (χ4n) is 2.87. The van der Waals surface area contributed by atoms with Crippen LogP contribution in [-0.2, 0) is 4.79 Å². The third kappa shape index (κ3) is 4.60. The zero-order valence-electron chi connectivity index (χ0n) is 15.7. The highest BCUT2D eigenvalue weighted by Crippen LogP contribution is 2.32. The highest BCUT2D eigenvalue weighted by Gasteiger charge is 2.26. The van der Waals surface area contributed by atoms with E-state index in [1.54, 1.807) is 6.07 Å². The molecule has 1 aliphatic heterocycles. The number of thiophene rings is 1. The molecule has 27 heavy (non-hydrogen) atoms. The summed E-state index contributed by atoms with van der Waals surface area (Å²) in [6.45, 7) is 6.78. The quantitative estimate of drug-likeness (QED) is 0.797. The summed E-state index contributed by atoms with van der Waals surface area (Å²) >= 11 is 1.35. The largest absolute Gasteiger partial charge is 0.486 e. The van der Waals surface area contributed by atoms with Crippen molar-refractivity contribution in [2.45, 2.75) is 32.9 Å². The molecule has 7 heteroatoms. The molecule has 1 aromatic heterocycles. The average Bonchev–Trinajstić information content (AvgIpc) is 3.20. The van der Waals surface area contributed by atoms with E-state index >= 15 is 0 Å². The Balaban J connectivity index is 1.67. The van der Waals surface area contributed by atoms with Gasteiger partial charge in [-0.05, 0) is 42.0 Å². The molecular formula is C20H24N2O4S. The molecule has 0 saturated carbocycles. The van der Waals surface area contributed by atoms with E-state index in [0.29, 0.717) is 29.6 Å². The van der Waals surface area contributed by atoms with E-state index in [2.05, 4.69) is 10.6 Å². The van der Waals surface area contributed by atoms with Gasteiger partial charge in [-0.15, -0.1) is 11.3 Å². The Morgan fingerprint density at radius 3 is 2.44 bits per heavy atom. The van der Waals surface area contributed by atoms with Crippen molar-refractivity contribution < 1.29 is 19.1 Å². The number of carbonyl (C=O) groups is 2. The molecule has 2 amide bonds. The van der Waals surface area contributed by atoms with Crippen LogP contribution in [0.5, 0.6) is 11.5 Å². The first-order valence-electron chi connectivity index (χ1n) is 9.00. The fourth-order valence-corrected chi connectivity index (χ4v) is 3.50. The predicted octanol–water partition coefficient (Wildman–Crippen LogP) is 3.15. The number of hydrogen-bond donors (Lipinski definition) is 2. The molecular weight excluding hydrogens is 364 g/mol. The van der Waals surface area contributed by atoms with Crippen LogP contribution >= 0.6 is 11.3 Å². The number of amides is 2. The van der Waals surface area contributed by atoms with Crippen molar-refractivity contribution in [1.82, 2.24) is 10.6 Å². The van der Waals surface area contributed by atoms with Crippen molar-refractivity contribution in [2.75, 3.05) is 13.2 Å². The van der Waals surface area contributed by atoms with Gasteiger partial charge in [-0.25, -0.2) is 0 Å². The predicted molar refractivity (Wildman–Crippen MR) is 104 cm³/mol. The van der Waals surface area contributed by atoms with Gasteiger partial charge in [0.25, 0.3) is 5.91 Å². The van der Waals surface area contributed by atoms with Crippen LogP contribution in [0.1, 0.15) is 42.0 Å². The van der Waals surface area contributed by atoms with Gasteiger partial charge in [0.2, 0.25) is 5.91 Å². The molecule has 0 radical (unpaired) electrons. The van der Waals surface area contributed by atoms with Gasteiger partial charge in [0, 0.05) is 0 Å². The maximum Gasteiger partial charge on any atom is 0.262 e. The molecule has 6 nitrogen and oxygen atoms in total. The number of fused-ring (bicyclic) bond motifs is 1. The first kappa shape index (κ1) is 19.2. The van der Waals surface area contributed by atoms with Crippen LogP contribution in [0.25, 0.3) is 0 Å². The molecule has 144 valence electrons. The monoisotopic (exact) mass is 388 g/mol. The number of ether oxygens (including phenoxy) is 2. The summed E-state index contributed by atoms with van der Waals surface area (Å²) in [4.78, 5) is 25.7. The van der Waals surface area contributed by atoms with Crippen molar-refractivity contribution in [3.8, 4) is 11.5 Å². The van der Waals surface area contributed by atoms with Crippen LogP contribution < -0.4 is 20.1 Å². The van der Waals surface area contributed by atoms with Crippen molar-refractivity contribution in [3.63, 3.8) is 0 Å². The van der Waals surface area contributed by atoms with E-state index in [1.807, 2.05) is 50.4 Å². The number of hydrogen-bond acceptors (Lipinski definition) is 5. The summed E-state index contributed by atoms with van der Waals surface area (Å²) in [5, 5.41) is 7.67. The molecule has 0 bridgehead atoms. The van der Waals surface area contributed by atoms with Crippen LogP contribution in [-0.4, -0.2) is 31.1 Å². The number of carbonyl (C=O) groups excluding carboxylic acids is 2. The second-order valence-corrected chi connectivity index (χ2v) is 7.75. The number of rotatable bonds is 6. The third-order valence-corrected chi connectivity index (χ3v) is 5.27. The van der Waals surface area contributed by atoms with Gasteiger partial charge in [-0.1, -0.05) is 26.0 Å². The van der Waals surface area contributed by atoms with E-state index in [4.69, 9.17) is 9.47 Å². The number of benzene rings is 1. The third-order valence-electron chi connectivity index (χ3n) is 4.41. The lowest BCUT2D eigenvalue weighted by Crippen LogP contribution is -2.50. The van der Waals surface area contributed by atoms with Crippen LogP contribution in [0, 0.1) is 5.92 Å². The number of nitrogens with one attached hydrogen (secondary N) is 2. The molecule has 0 aliphatic carbocycles. The van der Waals surface area contributed by atoms with Crippen LogP contribution in [0.3, 0.4) is 0 Å². The van der Waals surface area contributed by atoms with Crippen molar-refractivity contribution >= 4 is 23.2 Å². The fraction of sp³-hybridized carbons (Fsp3) is 0.400. The zero-order chi connectivity index (χ0) is 19.4. The molecule has 2 N–H and O–H groups in total. The minimum absolute atomic E-state index is 0.0404. The van der Waals surface area contributed by atoms with E-state index in [9.17, 15) is 9.59 Å². The lowest BCUT2D eigenvalue weighted by molar-refractivity contribution is -0.124. The molecule has 0 saturated heterocycles. The normalized spacial score (nSPS) is 15.1. The second kappa shape index (κ2) is 8.43. The summed E-state index contributed by atoms with van der Waals surface area (Å²) in [6.07, 6.45) is 0. The molecule has 0 unspecified atom stereocenters. The molecule has 2 heterocycles. The van der Waals surface area contributed by atoms with Gasteiger partial charge in [0.1, 0.15) is 19.3 Å². The first-order valence-corrected chi connectivity index (χ1v) is 9.88. The SMILES string of the molecule is CC(C)[C@@H](NC(=O)c1cccs1)C(=O)N[C@@H](C)c1ccc2c(c1)OCCO2. The lowest BCUT2D eigenvalue weighted by Gasteiger charge is -2.25. The molecule has 2 aromatic rings. The van der Waals surface area contributed by atoms with E-state index < -0.39 is 6.04 Å². The van der Waals surface area contributed by atoms with Crippen molar-refractivity contribution in [1.29, 1.82) is 0 Å². The molecule has 1 aromatic carbocycles. The molecule has 0 spiro atoms. The van der Waals surface area contributed by atoms with Crippen LogP contribution in [0.15, 0.2) is 35.7 Å².